The van der Waals surface area contributed by atoms with Crippen molar-refractivity contribution in [3.63, 3.8) is 0 Å². The van der Waals surface area contributed by atoms with Crippen LogP contribution in [-0.4, -0.2) is 9.59 Å². The minimum atomic E-state index is -0.306. The molecule has 1 heterocycles. The summed E-state index contributed by atoms with van der Waals surface area (Å²) < 4.78 is 17.8. The summed E-state index contributed by atoms with van der Waals surface area (Å²) in [7, 11) is 0. The van der Waals surface area contributed by atoms with Gasteiger partial charge in [0.2, 0.25) is 0 Å². The molecule has 1 unspecified atom stereocenters. The van der Waals surface area contributed by atoms with E-state index in [0.717, 1.165) is 16.1 Å². The average Bonchev–Trinajstić information content (AvgIpc) is 2.83. The highest BCUT2D eigenvalue weighted by molar-refractivity contribution is 7.05. The van der Waals surface area contributed by atoms with Crippen LogP contribution in [0.5, 0.6) is 0 Å². The Balaban J connectivity index is 2.48. The molecule has 0 aliphatic heterocycles. The lowest BCUT2D eigenvalue weighted by molar-refractivity contribution is 0.542. The van der Waals surface area contributed by atoms with Crippen LogP contribution in [0.4, 0.5) is 4.39 Å². The van der Waals surface area contributed by atoms with Crippen molar-refractivity contribution in [3.05, 3.63) is 45.7 Å². The predicted octanol–water partition coefficient (Wildman–Crippen LogP) is 2.84. The average molecular weight is 294 g/mol. The lowest BCUT2D eigenvalue weighted by Crippen LogP contribution is -2.30. The Hall–Kier alpha value is -1.37. The van der Waals surface area contributed by atoms with E-state index in [9.17, 15) is 4.39 Å². The second-order valence-corrected chi connectivity index (χ2v) is 6.63. The van der Waals surface area contributed by atoms with Crippen LogP contribution in [-0.2, 0) is 5.41 Å². The van der Waals surface area contributed by atoms with Crippen molar-refractivity contribution in [2.24, 2.45) is 5.84 Å². The van der Waals surface area contributed by atoms with Gasteiger partial charge in [-0.15, -0.1) is 5.10 Å². The first kappa shape index (κ1) is 15.0. The molecule has 0 saturated heterocycles. The molecule has 2 rings (SSSR count). The number of halogens is 1. The molecule has 0 fully saturated rings. The molecule has 3 N–H and O–H groups in total. The van der Waals surface area contributed by atoms with Gasteiger partial charge < -0.3 is 0 Å². The van der Waals surface area contributed by atoms with Gasteiger partial charge in [0.1, 0.15) is 5.82 Å². The van der Waals surface area contributed by atoms with Crippen molar-refractivity contribution in [2.45, 2.75) is 39.2 Å². The van der Waals surface area contributed by atoms with Gasteiger partial charge in [0.25, 0.3) is 0 Å². The highest BCUT2D eigenvalue weighted by Gasteiger charge is 2.27. The van der Waals surface area contributed by atoms with Crippen molar-refractivity contribution in [3.8, 4) is 0 Å². The fourth-order valence-corrected chi connectivity index (χ4v) is 2.97. The van der Waals surface area contributed by atoms with Crippen LogP contribution in [0, 0.1) is 12.7 Å². The molecular weight excluding hydrogens is 275 g/mol. The Morgan fingerprint density at radius 2 is 2.05 bits per heavy atom. The molecule has 1 aromatic heterocycles. The van der Waals surface area contributed by atoms with E-state index in [2.05, 4.69) is 35.8 Å². The second-order valence-electron chi connectivity index (χ2n) is 5.84. The third kappa shape index (κ3) is 2.87. The maximum Gasteiger partial charge on any atom is 0.126 e. The first-order chi connectivity index (χ1) is 9.34. The quantitative estimate of drug-likeness (QED) is 0.675. The summed E-state index contributed by atoms with van der Waals surface area (Å²) in [6.07, 6.45) is 0. The van der Waals surface area contributed by atoms with Crippen molar-refractivity contribution >= 4 is 11.5 Å². The summed E-state index contributed by atoms with van der Waals surface area (Å²) >= 11 is 1.29. The maximum absolute atomic E-state index is 13.8. The number of hydrogen-bond acceptors (Lipinski definition) is 5. The number of benzene rings is 1. The van der Waals surface area contributed by atoms with Gasteiger partial charge >= 0.3 is 0 Å². The van der Waals surface area contributed by atoms with E-state index in [0.29, 0.717) is 5.56 Å². The Morgan fingerprint density at radius 3 is 2.60 bits per heavy atom. The Morgan fingerprint density at radius 1 is 1.35 bits per heavy atom. The topological polar surface area (TPSA) is 63.8 Å². The van der Waals surface area contributed by atoms with E-state index in [4.69, 9.17) is 5.84 Å². The van der Waals surface area contributed by atoms with Crippen LogP contribution in [0.25, 0.3) is 0 Å². The molecule has 20 heavy (non-hydrogen) atoms. The Kier molecular flexibility index (Phi) is 4.17. The smallest absolute Gasteiger partial charge is 0.126 e. The number of nitrogens with zero attached hydrogens (tertiary/aromatic N) is 2. The molecule has 1 atom stereocenters. The van der Waals surface area contributed by atoms with Gasteiger partial charge in [-0.1, -0.05) is 37.4 Å². The highest BCUT2D eigenvalue weighted by atomic mass is 32.1. The molecule has 0 aliphatic rings. The van der Waals surface area contributed by atoms with Crippen LogP contribution in [0.2, 0.25) is 0 Å². The lowest BCUT2D eigenvalue weighted by atomic mass is 9.89. The SMILES string of the molecule is Cc1ccc(C(NN)c2snnc2C(C)(C)C)cc1F. The minimum absolute atomic E-state index is 0.138. The molecule has 1 aromatic carbocycles. The molecule has 6 heteroatoms. The number of hydrogen-bond donors (Lipinski definition) is 2. The van der Waals surface area contributed by atoms with Crippen molar-refractivity contribution in [1.29, 1.82) is 0 Å². The van der Waals surface area contributed by atoms with Crippen LogP contribution in [0.1, 0.15) is 48.5 Å². The molecule has 0 bridgehead atoms. The largest absolute Gasteiger partial charge is 0.271 e. The standard InChI is InChI=1S/C14H19FN4S/c1-8-5-6-9(7-10(8)15)11(17-16)12-13(14(2,3)4)18-19-20-12/h5-7,11,17H,16H2,1-4H3. The van der Waals surface area contributed by atoms with Crippen LogP contribution in [0.3, 0.4) is 0 Å². The summed E-state index contributed by atoms with van der Waals surface area (Å²) in [6, 6.07) is 4.82. The molecular formula is C14H19FN4S. The first-order valence-corrected chi connectivity index (χ1v) is 7.17. The number of nitrogens with one attached hydrogen (secondary N) is 1. The monoisotopic (exact) mass is 294 g/mol. The van der Waals surface area contributed by atoms with Crippen LogP contribution in [0.15, 0.2) is 18.2 Å². The molecule has 4 nitrogen and oxygen atoms in total. The molecule has 0 aliphatic carbocycles. The highest BCUT2D eigenvalue weighted by Crippen LogP contribution is 2.33. The Bertz CT molecular complexity index is 603. The minimum Gasteiger partial charge on any atom is -0.271 e. The van der Waals surface area contributed by atoms with Crippen LogP contribution < -0.4 is 11.3 Å². The molecule has 0 spiro atoms. The third-order valence-electron chi connectivity index (χ3n) is 3.18. The molecule has 108 valence electrons. The van der Waals surface area contributed by atoms with Crippen molar-refractivity contribution in [2.75, 3.05) is 0 Å². The van der Waals surface area contributed by atoms with Crippen LogP contribution >= 0.6 is 11.5 Å². The zero-order chi connectivity index (χ0) is 14.9. The zero-order valence-corrected chi connectivity index (χ0v) is 12.9. The number of hydrazine groups is 1. The third-order valence-corrected chi connectivity index (χ3v) is 3.97. The van der Waals surface area contributed by atoms with Gasteiger partial charge in [0.15, 0.2) is 0 Å². The van der Waals surface area contributed by atoms with Gasteiger partial charge in [-0.05, 0) is 35.6 Å². The summed E-state index contributed by atoms with van der Waals surface area (Å²) in [5.41, 5.74) is 4.87. The maximum atomic E-state index is 13.8. The van der Waals surface area contributed by atoms with Gasteiger partial charge in [0, 0.05) is 5.41 Å². The first-order valence-electron chi connectivity index (χ1n) is 6.39. The predicted molar refractivity (Wildman–Crippen MR) is 78.9 cm³/mol. The van der Waals surface area contributed by atoms with Gasteiger partial charge in [0.05, 0.1) is 16.6 Å². The normalized spacial score (nSPS) is 13.5. The van der Waals surface area contributed by atoms with E-state index in [1.54, 1.807) is 13.0 Å². The fraction of sp³-hybridized carbons (Fsp3) is 0.429. The van der Waals surface area contributed by atoms with E-state index in [-0.39, 0.29) is 17.3 Å². The number of nitrogens with two attached hydrogens (primary N) is 1. The number of aromatic nitrogens is 2. The molecule has 2 aromatic rings. The van der Waals surface area contributed by atoms with Gasteiger partial charge in [-0.2, -0.15) is 0 Å². The summed E-state index contributed by atoms with van der Waals surface area (Å²) in [4.78, 5) is 0.920. The molecule has 0 saturated carbocycles. The second kappa shape index (κ2) is 5.55. The van der Waals surface area contributed by atoms with E-state index < -0.39 is 0 Å². The number of rotatable bonds is 3. The van der Waals surface area contributed by atoms with E-state index in [1.807, 2.05) is 6.07 Å². The number of aryl methyl sites for hydroxylation is 1. The van der Waals surface area contributed by atoms with E-state index in [1.165, 1.54) is 17.6 Å². The Labute approximate surface area is 122 Å². The summed E-state index contributed by atoms with van der Waals surface area (Å²) in [6.45, 7) is 7.93. The van der Waals surface area contributed by atoms with E-state index >= 15 is 0 Å². The summed E-state index contributed by atoms with van der Waals surface area (Å²) in [5, 5.41) is 4.20. The van der Waals surface area contributed by atoms with Crippen molar-refractivity contribution < 1.29 is 4.39 Å². The summed E-state index contributed by atoms with van der Waals surface area (Å²) in [5.74, 6) is 5.44. The lowest BCUT2D eigenvalue weighted by Gasteiger charge is -2.21. The molecule has 0 radical (unpaired) electrons. The van der Waals surface area contributed by atoms with Gasteiger partial charge in [-0.25, -0.2) is 9.82 Å². The van der Waals surface area contributed by atoms with Gasteiger partial charge in [-0.3, -0.25) is 5.84 Å². The fourth-order valence-electron chi connectivity index (χ4n) is 2.02. The zero-order valence-electron chi connectivity index (χ0n) is 12.1. The van der Waals surface area contributed by atoms with Crippen molar-refractivity contribution in [1.82, 2.24) is 15.0 Å². The molecule has 0 amide bonds.